The van der Waals surface area contributed by atoms with Crippen LogP contribution in [0.4, 0.5) is 0 Å². The number of rotatable bonds is 5. The normalized spacial score (nSPS) is 19.1. The number of carbonyl (C=O) groups excluding carboxylic acids is 2. The topological polar surface area (TPSA) is 102 Å². The van der Waals surface area contributed by atoms with Crippen LogP contribution in [0.15, 0.2) is 12.3 Å². The number of nitriles is 1. The van der Waals surface area contributed by atoms with E-state index in [1.807, 2.05) is 6.07 Å². The monoisotopic (exact) mass is 405 g/mol. The Bertz CT molecular complexity index is 908. The minimum atomic E-state index is -0.244. The third-order valence-corrected chi connectivity index (χ3v) is 5.65. The molecule has 1 aliphatic carbocycles. The molecular weight excluding hydrogens is 390 g/mol. The van der Waals surface area contributed by atoms with Crippen LogP contribution in [0, 0.1) is 17.2 Å². The summed E-state index contributed by atoms with van der Waals surface area (Å²) in [5.41, 5.74) is 0.442. The predicted octanol–water partition coefficient (Wildman–Crippen LogP) is 3.65. The molecule has 2 aromatic heterocycles. The maximum absolute atomic E-state index is 11.8. The first-order chi connectivity index (χ1) is 13.0. The first-order valence-electron chi connectivity index (χ1n) is 8.32. The zero-order chi connectivity index (χ0) is 19.4. The Labute approximate surface area is 164 Å². The summed E-state index contributed by atoms with van der Waals surface area (Å²) < 4.78 is 11.2. The molecule has 0 unspecified atom stereocenters. The third-order valence-electron chi connectivity index (χ3n) is 4.38. The van der Waals surface area contributed by atoms with Gasteiger partial charge in [0.25, 0.3) is 0 Å². The second-order valence-corrected chi connectivity index (χ2v) is 7.78. The van der Waals surface area contributed by atoms with Crippen LogP contribution in [-0.4, -0.2) is 35.4 Å². The van der Waals surface area contributed by atoms with Gasteiger partial charge in [0.1, 0.15) is 6.07 Å². The van der Waals surface area contributed by atoms with E-state index >= 15 is 0 Å². The zero-order valence-electron chi connectivity index (χ0n) is 14.5. The van der Waals surface area contributed by atoms with Gasteiger partial charge in [0.15, 0.2) is 23.6 Å². The van der Waals surface area contributed by atoms with Crippen molar-refractivity contribution in [1.82, 2.24) is 9.97 Å². The molecule has 0 amide bonds. The highest BCUT2D eigenvalue weighted by Gasteiger charge is 2.29. The molecule has 0 spiro atoms. The van der Waals surface area contributed by atoms with Gasteiger partial charge in [0.2, 0.25) is 0 Å². The standard InChI is InChI=1S/C18H16ClN3O4S/c1-25-18(24)10-3-2-4-12(5-10)26-14-8-21-17(22-13(14)7-20)16-11(9-23)6-15(19)27-16/h6,8-10,12H,2-5H2,1H3/t10-,12-/m0/s1. The molecule has 0 aromatic carbocycles. The molecule has 7 nitrogen and oxygen atoms in total. The van der Waals surface area contributed by atoms with E-state index in [4.69, 9.17) is 21.1 Å². The number of hydrogen-bond acceptors (Lipinski definition) is 8. The van der Waals surface area contributed by atoms with Gasteiger partial charge in [-0.25, -0.2) is 9.97 Å². The second-order valence-electron chi connectivity index (χ2n) is 6.10. The van der Waals surface area contributed by atoms with Gasteiger partial charge in [0, 0.05) is 5.56 Å². The van der Waals surface area contributed by atoms with Gasteiger partial charge >= 0.3 is 5.97 Å². The van der Waals surface area contributed by atoms with Gasteiger partial charge in [-0.1, -0.05) is 11.6 Å². The van der Waals surface area contributed by atoms with Crippen molar-refractivity contribution in [2.24, 2.45) is 5.92 Å². The number of methoxy groups -OCH3 is 1. The molecular formula is C18H16ClN3O4S. The van der Waals surface area contributed by atoms with Crippen LogP contribution < -0.4 is 4.74 Å². The van der Waals surface area contributed by atoms with Crippen molar-refractivity contribution in [3.63, 3.8) is 0 Å². The molecule has 0 aliphatic heterocycles. The van der Waals surface area contributed by atoms with Crippen LogP contribution in [0.1, 0.15) is 41.7 Å². The summed E-state index contributed by atoms with van der Waals surface area (Å²) in [6, 6.07) is 3.53. The number of nitrogens with zero attached hydrogens (tertiary/aromatic N) is 3. The maximum Gasteiger partial charge on any atom is 0.308 e. The second kappa shape index (κ2) is 8.46. The van der Waals surface area contributed by atoms with Crippen molar-refractivity contribution in [2.75, 3.05) is 7.11 Å². The van der Waals surface area contributed by atoms with E-state index in [1.54, 1.807) is 0 Å². The fraction of sp³-hybridized carbons (Fsp3) is 0.389. The quantitative estimate of drug-likeness (QED) is 0.552. The smallest absolute Gasteiger partial charge is 0.308 e. The lowest BCUT2D eigenvalue weighted by Gasteiger charge is -2.28. The molecule has 2 aromatic rings. The molecule has 140 valence electrons. The molecule has 0 saturated heterocycles. The highest BCUT2D eigenvalue weighted by atomic mass is 35.5. The minimum Gasteiger partial charge on any atom is -0.486 e. The number of thiophene rings is 1. The number of ether oxygens (including phenoxy) is 2. The lowest BCUT2D eigenvalue weighted by molar-refractivity contribution is -0.147. The van der Waals surface area contributed by atoms with E-state index in [1.165, 1.54) is 30.7 Å². The van der Waals surface area contributed by atoms with Crippen LogP contribution in [0.5, 0.6) is 5.75 Å². The van der Waals surface area contributed by atoms with Crippen LogP contribution >= 0.6 is 22.9 Å². The molecule has 1 fully saturated rings. The van der Waals surface area contributed by atoms with E-state index in [-0.39, 0.29) is 35.3 Å². The molecule has 0 radical (unpaired) electrons. The van der Waals surface area contributed by atoms with Crippen LogP contribution in [0.2, 0.25) is 4.34 Å². The van der Waals surface area contributed by atoms with Crippen molar-refractivity contribution in [3.05, 3.63) is 27.9 Å². The average Bonchev–Trinajstić information content (AvgIpc) is 3.08. The van der Waals surface area contributed by atoms with E-state index in [9.17, 15) is 14.9 Å². The molecule has 0 bridgehead atoms. The lowest BCUT2D eigenvalue weighted by atomic mass is 9.87. The fourth-order valence-electron chi connectivity index (χ4n) is 3.09. The van der Waals surface area contributed by atoms with E-state index in [0.29, 0.717) is 27.5 Å². The van der Waals surface area contributed by atoms with Crippen molar-refractivity contribution in [3.8, 4) is 22.5 Å². The maximum atomic E-state index is 11.8. The Balaban J connectivity index is 1.82. The summed E-state index contributed by atoms with van der Waals surface area (Å²) >= 11 is 7.12. The molecule has 0 N–H and O–H groups in total. The number of halogens is 1. The predicted molar refractivity (Wildman–Crippen MR) is 98.8 cm³/mol. The Morgan fingerprint density at radius 3 is 3.00 bits per heavy atom. The Morgan fingerprint density at radius 1 is 1.48 bits per heavy atom. The summed E-state index contributed by atoms with van der Waals surface area (Å²) in [7, 11) is 1.37. The summed E-state index contributed by atoms with van der Waals surface area (Å²) in [5, 5.41) is 9.44. The Kier molecular flexibility index (Phi) is 6.04. The average molecular weight is 406 g/mol. The molecule has 1 saturated carbocycles. The van der Waals surface area contributed by atoms with E-state index in [0.717, 1.165) is 19.3 Å². The van der Waals surface area contributed by atoms with Crippen molar-refractivity contribution in [2.45, 2.75) is 31.8 Å². The highest BCUT2D eigenvalue weighted by molar-refractivity contribution is 7.19. The number of hydrogen-bond donors (Lipinski definition) is 0. The van der Waals surface area contributed by atoms with Gasteiger partial charge in [-0.2, -0.15) is 5.26 Å². The first kappa shape index (κ1) is 19.3. The fourth-order valence-corrected chi connectivity index (χ4v) is 4.24. The van der Waals surface area contributed by atoms with E-state index in [2.05, 4.69) is 9.97 Å². The summed E-state index contributed by atoms with van der Waals surface area (Å²) in [6.45, 7) is 0. The molecule has 2 atom stereocenters. The number of carbonyl (C=O) groups is 2. The molecule has 1 aliphatic rings. The zero-order valence-corrected chi connectivity index (χ0v) is 16.0. The molecule has 9 heteroatoms. The molecule has 27 heavy (non-hydrogen) atoms. The lowest BCUT2D eigenvalue weighted by Crippen LogP contribution is -2.30. The third kappa shape index (κ3) is 4.26. The van der Waals surface area contributed by atoms with Gasteiger partial charge in [-0.15, -0.1) is 11.3 Å². The summed E-state index contributed by atoms with van der Waals surface area (Å²) in [6.07, 6.45) is 4.77. The van der Waals surface area contributed by atoms with Crippen molar-refractivity contribution < 1.29 is 19.1 Å². The summed E-state index contributed by atoms with van der Waals surface area (Å²) in [4.78, 5) is 31.9. The number of aromatic nitrogens is 2. The van der Waals surface area contributed by atoms with Crippen molar-refractivity contribution >= 4 is 35.2 Å². The minimum absolute atomic E-state index is 0.0709. The van der Waals surface area contributed by atoms with Gasteiger partial charge in [-0.3, -0.25) is 9.59 Å². The highest BCUT2D eigenvalue weighted by Crippen LogP contribution is 2.34. The molecule has 3 rings (SSSR count). The first-order valence-corrected chi connectivity index (χ1v) is 9.51. The SMILES string of the molecule is COC(=O)[C@H]1CCC[C@H](Oc2cnc(-c3sc(Cl)cc3C=O)nc2C#N)C1. The van der Waals surface area contributed by atoms with Crippen LogP contribution in [-0.2, 0) is 9.53 Å². The Morgan fingerprint density at radius 2 is 2.30 bits per heavy atom. The van der Waals surface area contributed by atoms with E-state index < -0.39 is 0 Å². The molecule has 2 heterocycles. The van der Waals surface area contributed by atoms with Gasteiger partial charge in [-0.05, 0) is 31.7 Å². The van der Waals surface area contributed by atoms with Gasteiger partial charge < -0.3 is 9.47 Å². The Hall–Kier alpha value is -2.50. The largest absolute Gasteiger partial charge is 0.486 e. The van der Waals surface area contributed by atoms with Gasteiger partial charge in [0.05, 0.1) is 34.5 Å². The number of esters is 1. The van der Waals surface area contributed by atoms with Crippen LogP contribution in [0.3, 0.4) is 0 Å². The van der Waals surface area contributed by atoms with Crippen molar-refractivity contribution in [1.29, 1.82) is 5.26 Å². The number of aldehydes is 1. The summed E-state index contributed by atoms with van der Waals surface area (Å²) in [5.74, 6) is 0.0512. The van der Waals surface area contributed by atoms with Crippen LogP contribution in [0.25, 0.3) is 10.7 Å².